The van der Waals surface area contributed by atoms with Crippen LogP contribution in [0.15, 0.2) is 66.7 Å². The van der Waals surface area contributed by atoms with E-state index in [2.05, 4.69) is 16.0 Å². The zero-order valence-corrected chi connectivity index (χ0v) is 15.1. The molecule has 3 rings (SSSR count). The Bertz CT molecular complexity index is 1030. The van der Waals surface area contributed by atoms with E-state index < -0.39 is 6.03 Å². The topological polar surface area (TPSA) is 113 Å². The molecular weight excluding hydrogens is 356 g/mol. The Morgan fingerprint density at radius 2 is 1.50 bits per heavy atom. The van der Waals surface area contributed by atoms with Crippen molar-refractivity contribution in [3.05, 3.63) is 72.3 Å². The second-order valence-electron chi connectivity index (χ2n) is 6.19. The van der Waals surface area contributed by atoms with Crippen molar-refractivity contribution >= 4 is 40.0 Å². The average molecular weight is 376 g/mol. The lowest BCUT2D eigenvalue weighted by molar-refractivity contribution is -0.116. The van der Waals surface area contributed by atoms with E-state index in [0.29, 0.717) is 16.9 Å². The molecule has 0 fully saturated rings. The van der Waals surface area contributed by atoms with E-state index in [0.717, 1.165) is 10.8 Å². The molecule has 0 aliphatic carbocycles. The second-order valence-corrected chi connectivity index (χ2v) is 6.19. The van der Waals surface area contributed by atoms with Crippen LogP contribution < -0.4 is 21.7 Å². The largest absolute Gasteiger partial charge is 0.352 e. The Labute approximate surface area is 161 Å². The summed E-state index contributed by atoms with van der Waals surface area (Å²) in [6.07, 6.45) is 0.118. The smallest absolute Gasteiger partial charge is 0.316 e. The lowest BCUT2D eigenvalue weighted by Crippen LogP contribution is -2.27. The van der Waals surface area contributed by atoms with Crippen LogP contribution >= 0.6 is 0 Å². The molecule has 3 aromatic rings. The Kier molecular flexibility index (Phi) is 5.86. The van der Waals surface area contributed by atoms with E-state index in [1.54, 1.807) is 30.3 Å². The Hall–Kier alpha value is -3.87. The molecule has 142 valence electrons. The fourth-order valence-electron chi connectivity index (χ4n) is 2.76. The molecule has 4 amide bonds. The predicted octanol–water partition coefficient (Wildman–Crippen LogP) is 3.09. The van der Waals surface area contributed by atoms with Crippen molar-refractivity contribution in [1.82, 2.24) is 5.32 Å². The molecule has 7 heteroatoms. The minimum Gasteiger partial charge on any atom is -0.352 e. The van der Waals surface area contributed by atoms with Gasteiger partial charge >= 0.3 is 6.03 Å². The number of hydrogen-bond donors (Lipinski definition) is 4. The summed E-state index contributed by atoms with van der Waals surface area (Å²) in [5, 5.41) is 9.94. The first-order valence-corrected chi connectivity index (χ1v) is 8.74. The summed E-state index contributed by atoms with van der Waals surface area (Å²) in [5.74, 6) is -0.485. The third-order valence-electron chi connectivity index (χ3n) is 4.06. The van der Waals surface area contributed by atoms with Crippen LogP contribution in [0.3, 0.4) is 0 Å². The molecule has 0 radical (unpaired) electrons. The third-order valence-corrected chi connectivity index (χ3v) is 4.06. The number of benzene rings is 3. The first-order chi connectivity index (χ1) is 13.5. The molecule has 0 unspecified atom stereocenters. The summed E-state index contributed by atoms with van der Waals surface area (Å²) in [4.78, 5) is 35.2. The van der Waals surface area contributed by atoms with Gasteiger partial charge in [-0.1, -0.05) is 36.4 Å². The summed E-state index contributed by atoms with van der Waals surface area (Å²) in [5.41, 5.74) is 6.62. The van der Waals surface area contributed by atoms with Crippen molar-refractivity contribution in [2.75, 3.05) is 17.2 Å². The van der Waals surface area contributed by atoms with Crippen molar-refractivity contribution in [3.8, 4) is 0 Å². The van der Waals surface area contributed by atoms with Crippen LogP contribution in [0.25, 0.3) is 10.8 Å². The lowest BCUT2D eigenvalue weighted by atomic mass is 10.1. The first kappa shape index (κ1) is 18.9. The third kappa shape index (κ3) is 5.07. The number of primary amides is 1. The second kappa shape index (κ2) is 8.68. The molecule has 0 bridgehead atoms. The Balaban J connectivity index is 1.50. The Morgan fingerprint density at radius 3 is 2.25 bits per heavy atom. The number of hydrogen-bond acceptors (Lipinski definition) is 3. The normalized spacial score (nSPS) is 10.3. The highest BCUT2D eigenvalue weighted by atomic mass is 16.2. The molecule has 0 aliphatic heterocycles. The molecule has 0 spiro atoms. The molecule has 5 N–H and O–H groups in total. The van der Waals surface area contributed by atoms with Gasteiger partial charge in [0.05, 0.1) is 0 Å². The SMILES string of the molecule is NC(=O)Nc1cccc(NC(=O)CCNC(=O)c2ccc3ccccc3c2)c1. The number of carbonyl (C=O) groups is 3. The standard InChI is InChI=1S/C21H20N4O3/c22-21(28)25-18-7-3-6-17(13-18)24-19(26)10-11-23-20(27)16-9-8-14-4-1-2-5-15(14)12-16/h1-9,12-13H,10-11H2,(H,23,27)(H,24,26)(H3,22,25,28). The first-order valence-electron chi connectivity index (χ1n) is 8.74. The van der Waals surface area contributed by atoms with E-state index in [1.165, 1.54) is 0 Å². The van der Waals surface area contributed by atoms with Crippen LogP contribution in [0.1, 0.15) is 16.8 Å². The Morgan fingerprint density at radius 1 is 0.786 bits per heavy atom. The highest BCUT2D eigenvalue weighted by Gasteiger charge is 2.08. The van der Waals surface area contributed by atoms with Gasteiger partial charge in [0.1, 0.15) is 0 Å². The summed E-state index contributed by atoms with van der Waals surface area (Å²) in [6, 6.07) is 19.2. The van der Waals surface area contributed by atoms with Crippen LogP contribution in [0, 0.1) is 0 Å². The molecule has 7 nitrogen and oxygen atoms in total. The van der Waals surface area contributed by atoms with Gasteiger partial charge in [0.15, 0.2) is 0 Å². The van der Waals surface area contributed by atoms with Crippen molar-refractivity contribution < 1.29 is 14.4 Å². The molecular formula is C21H20N4O3. The van der Waals surface area contributed by atoms with Crippen LogP contribution in [0.5, 0.6) is 0 Å². The molecule has 0 heterocycles. The number of carbonyl (C=O) groups excluding carboxylic acids is 3. The lowest BCUT2D eigenvalue weighted by Gasteiger charge is -2.09. The number of fused-ring (bicyclic) bond motifs is 1. The van der Waals surface area contributed by atoms with E-state index >= 15 is 0 Å². The number of nitrogens with one attached hydrogen (secondary N) is 3. The molecule has 0 aliphatic rings. The van der Waals surface area contributed by atoms with Gasteiger partial charge in [0, 0.05) is 29.9 Å². The van der Waals surface area contributed by atoms with Gasteiger partial charge in [0.25, 0.3) is 5.91 Å². The van der Waals surface area contributed by atoms with Crippen molar-refractivity contribution in [3.63, 3.8) is 0 Å². The van der Waals surface area contributed by atoms with Crippen molar-refractivity contribution in [2.24, 2.45) is 5.73 Å². The predicted molar refractivity (Wildman–Crippen MR) is 109 cm³/mol. The molecule has 3 aromatic carbocycles. The highest BCUT2D eigenvalue weighted by Crippen LogP contribution is 2.16. The fraction of sp³-hybridized carbons (Fsp3) is 0.0952. The van der Waals surface area contributed by atoms with E-state index in [9.17, 15) is 14.4 Å². The minimum atomic E-state index is -0.681. The van der Waals surface area contributed by atoms with Crippen LogP contribution in [-0.4, -0.2) is 24.4 Å². The van der Waals surface area contributed by atoms with E-state index in [-0.39, 0.29) is 24.8 Å². The number of urea groups is 1. The van der Waals surface area contributed by atoms with Gasteiger partial charge in [-0.25, -0.2) is 4.79 Å². The summed E-state index contributed by atoms with van der Waals surface area (Å²) in [6.45, 7) is 0.205. The monoisotopic (exact) mass is 376 g/mol. The maximum atomic E-state index is 12.3. The number of amides is 4. The van der Waals surface area contributed by atoms with Crippen molar-refractivity contribution in [1.29, 1.82) is 0 Å². The van der Waals surface area contributed by atoms with Gasteiger partial charge in [0.2, 0.25) is 5.91 Å². The zero-order chi connectivity index (χ0) is 19.9. The minimum absolute atomic E-state index is 0.118. The highest BCUT2D eigenvalue weighted by molar-refractivity contribution is 5.99. The van der Waals surface area contributed by atoms with Gasteiger partial charge < -0.3 is 21.7 Å². The molecule has 28 heavy (non-hydrogen) atoms. The van der Waals surface area contributed by atoms with Crippen LogP contribution in [-0.2, 0) is 4.79 Å². The maximum Gasteiger partial charge on any atom is 0.316 e. The van der Waals surface area contributed by atoms with Crippen molar-refractivity contribution in [2.45, 2.75) is 6.42 Å². The van der Waals surface area contributed by atoms with Gasteiger partial charge in [-0.05, 0) is 41.1 Å². The molecule has 0 saturated carbocycles. The molecule has 0 aromatic heterocycles. The van der Waals surface area contributed by atoms with E-state index in [4.69, 9.17) is 5.73 Å². The summed E-state index contributed by atoms with van der Waals surface area (Å²) in [7, 11) is 0. The molecule has 0 saturated heterocycles. The summed E-state index contributed by atoms with van der Waals surface area (Å²) >= 11 is 0. The van der Waals surface area contributed by atoms with Crippen LogP contribution in [0.2, 0.25) is 0 Å². The number of nitrogens with two attached hydrogens (primary N) is 1. The number of rotatable bonds is 6. The molecule has 0 atom stereocenters. The van der Waals surface area contributed by atoms with Crippen LogP contribution in [0.4, 0.5) is 16.2 Å². The fourth-order valence-corrected chi connectivity index (χ4v) is 2.76. The quantitative estimate of drug-likeness (QED) is 0.530. The number of anilines is 2. The zero-order valence-electron chi connectivity index (χ0n) is 15.1. The average Bonchev–Trinajstić information content (AvgIpc) is 2.67. The van der Waals surface area contributed by atoms with E-state index in [1.807, 2.05) is 36.4 Å². The van der Waals surface area contributed by atoms with Gasteiger partial charge in [-0.3, -0.25) is 9.59 Å². The maximum absolute atomic E-state index is 12.3. The van der Waals surface area contributed by atoms with Gasteiger partial charge in [-0.15, -0.1) is 0 Å². The summed E-state index contributed by atoms with van der Waals surface area (Å²) < 4.78 is 0. The van der Waals surface area contributed by atoms with Gasteiger partial charge in [-0.2, -0.15) is 0 Å².